The predicted octanol–water partition coefficient (Wildman–Crippen LogP) is 1.24. The normalized spacial score (nSPS) is 14.7. The number of piperidine rings is 1. The van der Waals surface area contributed by atoms with Crippen molar-refractivity contribution in [1.29, 1.82) is 0 Å². The van der Waals surface area contributed by atoms with Gasteiger partial charge in [-0.1, -0.05) is 44.2 Å². The molecule has 222 valence electrons. The minimum absolute atomic E-state index is 0.116. The number of rotatable bonds is 13. The lowest BCUT2D eigenvalue weighted by Gasteiger charge is -2.30. The van der Waals surface area contributed by atoms with Gasteiger partial charge in [0.1, 0.15) is 11.9 Å². The summed E-state index contributed by atoms with van der Waals surface area (Å²) in [4.78, 5) is 69.5. The molecule has 0 spiro atoms. The molecule has 1 fully saturated rings. The number of anilines is 1. The second-order valence-corrected chi connectivity index (χ2v) is 10.6. The maximum Gasteiger partial charge on any atom is 0.349 e. The number of ketones is 1. The van der Waals surface area contributed by atoms with E-state index in [4.69, 9.17) is 5.73 Å². The highest BCUT2D eigenvalue weighted by Gasteiger charge is 2.32. The average molecular weight is 568 g/mol. The van der Waals surface area contributed by atoms with Gasteiger partial charge in [-0.25, -0.2) is 14.6 Å². The van der Waals surface area contributed by atoms with Crippen molar-refractivity contribution < 1.29 is 19.2 Å². The van der Waals surface area contributed by atoms with Gasteiger partial charge in [0, 0.05) is 32.4 Å². The van der Waals surface area contributed by atoms with E-state index in [-0.39, 0.29) is 37.3 Å². The summed E-state index contributed by atoms with van der Waals surface area (Å²) < 4.78 is 1.28. The third kappa shape index (κ3) is 9.44. The van der Waals surface area contributed by atoms with Crippen LogP contribution >= 0.6 is 0 Å². The number of hydrogen-bond donors (Lipinski definition) is 4. The van der Waals surface area contributed by atoms with Gasteiger partial charge in [0.05, 0.1) is 6.04 Å². The molecule has 1 aliphatic heterocycles. The molecule has 12 heteroatoms. The number of nitrogen functional groups attached to an aromatic ring is 1. The van der Waals surface area contributed by atoms with E-state index in [0.29, 0.717) is 25.9 Å². The Bertz CT molecular complexity index is 1240. The lowest BCUT2D eigenvalue weighted by Crippen LogP contribution is -2.57. The van der Waals surface area contributed by atoms with Gasteiger partial charge in [0.2, 0.25) is 11.7 Å². The van der Waals surface area contributed by atoms with Gasteiger partial charge in [0.15, 0.2) is 0 Å². The third-order valence-corrected chi connectivity index (χ3v) is 7.11. The number of carbonyl (C=O) groups is 4. The number of nitrogens with one attached hydrogen (secondary N) is 3. The molecule has 1 aromatic carbocycles. The van der Waals surface area contributed by atoms with Gasteiger partial charge in [0.25, 0.3) is 5.91 Å². The largest absolute Gasteiger partial charge is 0.385 e. The number of benzene rings is 1. The van der Waals surface area contributed by atoms with E-state index in [9.17, 15) is 24.0 Å². The Morgan fingerprint density at radius 3 is 2.37 bits per heavy atom. The first-order chi connectivity index (χ1) is 19.7. The summed E-state index contributed by atoms with van der Waals surface area (Å²) in [6.07, 6.45) is 5.23. The summed E-state index contributed by atoms with van der Waals surface area (Å²) in [5.41, 5.74) is 6.27. The second kappa shape index (κ2) is 15.5. The van der Waals surface area contributed by atoms with Crippen LogP contribution in [0.3, 0.4) is 0 Å². The van der Waals surface area contributed by atoms with Gasteiger partial charge < -0.3 is 26.6 Å². The molecule has 3 rings (SSSR count). The number of nitrogens with two attached hydrogens (primary N) is 1. The Morgan fingerprint density at radius 2 is 1.71 bits per heavy atom. The van der Waals surface area contributed by atoms with Crippen molar-refractivity contribution in [2.24, 2.45) is 5.92 Å². The molecule has 2 atom stereocenters. The number of hydrogen-bond acceptors (Lipinski definition) is 7. The average Bonchev–Trinajstić information content (AvgIpc) is 2.97. The zero-order valence-electron chi connectivity index (χ0n) is 23.8. The number of carbonyl (C=O) groups excluding carboxylic acids is 4. The fourth-order valence-electron chi connectivity index (χ4n) is 4.70. The van der Waals surface area contributed by atoms with Crippen molar-refractivity contribution in [2.45, 2.75) is 71.0 Å². The highest BCUT2D eigenvalue weighted by molar-refractivity contribution is 6.38. The van der Waals surface area contributed by atoms with Crippen LogP contribution < -0.4 is 27.4 Å². The summed E-state index contributed by atoms with van der Waals surface area (Å²) in [6.45, 7) is 5.24. The molecule has 0 bridgehead atoms. The van der Waals surface area contributed by atoms with Gasteiger partial charge in [-0.2, -0.15) is 0 Å². The highest BCUT2D eigenvalue weighted by Crippen LogP contribution is 2.12. The van der Waals surface area contributed by atoms with Crippen molar-refractivity contribution in [1.82, 2.24) is 30.4 Å². The fraction of sp³-hybridized carbons (Fsp3) is 0.517. The number of urea groups is 1. The van der Waals surface area contributed by atoms with E-state index in [0.717, 1.165) is 24.8 Å². The molecular weight excluding hydrogens is 526 g/mol. The summed E-state index contributed by atoms with van der Waals surface area (Å²) in [6, 6.07) is 8.68. The third-order valence-electron chi connectivity index (χ3n) is 7.11. The number of Topliss-reactive ketones (excluding diaryl/α,β-unsaturated/α-hetero) is 1. The molecule has 1 unspecified atom stereocenters. The fourth-order valence-corrected chi connectivity index (χ4v) is 4.70. The first-order valence-electron chi connectivity index (χ1n) is 14.2. The molecule has 0 aliphatic carbocycles. The van der Waals surface area contributed by atoms with Crippen molar-refractivity contribution in [2.75, 3.05) is 25.4 Å². The monoisotopic (exact) mass is 567 g/mol. The zero-order valence-corrected chi connectivity index (χ0v) is 23.8. The van der Waals surface area contributed by atoms with Crippen LogP contribution in [0.2, 0.25) is 0 Å². The molecule has 1 aliphatic rings. The SMILES string of the molecule is CC(C)[C@H](NC(=O)N1CCCCC1)C(=O)NC(CCc1ccccc1)C(=O)C(=O)NCCCn1c(N)ccnc1=O. The van der Waals surface area contributed by atoms with E-state index < -0.39 is 35.4 Å². The molecule has 2 aromatic rings. The van der Waals surface area contributed by atoms with E-state index >= 15 is 0 Å². The van der Waals surface area contributed by atoms with Crippen molar-refractivity contribution in [3.8, 4) is 0 Å². The van der Waals surface area contributed by atoms with E-state index in [1.54, 1.807) is 4.90 Å². The molecule has 1 saturated heterocycles. The van der Waals surface area contributed by atoms with Crippen molar-refractivity contribution >= 4 is 29.4 Å². The molecule has 0 radical (unpaired) electrons. The summed E-state index contributed by atoms with van der Waals surface area (Å²) in [5, 5.41) is 8.13. The topological polar surface area (TPSA) is 169 Å². The Morgan fingerprint density at radius 1 is 1.00 bits per heavy atom. The first-order valence-corrected chi connectivity index (χ1v) is 14.2. The molecule has 4 amide bonds. The summed E-state index contributed by atoms with van der Waals surface area (Å²) in [5.74, 6) is -2.13. The molecule has 5 N–H and O–H groups in total. The number of nitrogens with zero attached hydrogens (tertiary/aromatic N) is 3. The molecule has 0 saturated carbocycles. The van der Waals surface area contributed by atoms with Crippen LogP contribution in [0.4, 0.5) is 10.6 Å². The zero-order chi connectivity index (χ0) is 29.8. The highest BCUT2D eigenvalue weighted by atomic mass is 16.2. The van der Waals surface area contributed by atoms with Crippen LogP contribution in [0.25, 0.3) is 0 Å². The predicted molar refractivity (Wildman–Crippen MR) is 155 cm³/mol. The second-order valence-electron chi connectivity index (χ2n) is 10.6. The van der Waals surface area contributed by atoms with E-state index in [1.165, 1.54) is 16.8 Å². The first kappa shape index (κ1) is 31.3. The lowest BCUT2D eigenvalue weighted by atomic mass is 9.99. The van der Waals surface area contributed by atoms with Gasteiger partial charge >= 0.3 is 11.7 Å². The van der Waals surface area contributed by atoms with Gasteiger partial charge in [-0.15, -0.1) is 0 Å². The minimum atomic E-state index is -1.09. The Kier molecular flexibility index (Phi) is 11.9. The van der Waals surface area contributed by atoms with Gasteiger partial charge in [-0.3, -0.25) is 19.0 Å². The van der Waals surface area contributed by atoms with Crippen LogP contribution in [-0.2, 0) is 27.3 Å². The quantitative estimate of drug-likeness (QED) is 0.208. The molecular formula is C29H41N7O5. The van der Waals surface area contributed by atoms with Gasteiger partial charge in [-0.05, 0) is 56.1 Å². The standard InChI is InChI=1S/C29H41N7O5/c1-20(2)24(34-29(41)35-17-7-4-8-18-35)26(38)33-22(13-12-21-10-5-3-6-11-21)25(37)27(39)31-15-9-19-36-23(30)14-16-32-28(36)40/h3,5-6,10-11,14,16,20,22,24H,4,7-9,12-13,15,17-19,30H2,1-2H3,(H,31,39)(H,33,38)(H,34,41)/t22?,24-/m0/s1. The minimum Gasteiger partial charge on any atom is -0.385 e. The summed E-state index contributed by atoms with van der Waals surface area (Å²) in [7, 11) is 0. The van der Waals surface area contributed by atoms with Crippen LogP contribution in [0.15, 0.2) is 47.4 Å². The Labute approximate surface area is 240 Å². The number of amides is 4. The van der Waals surface area contributed by atoms with Crippen LogP contribution in [-0.4, -0.2) is 69.8 Å². The lowest BCUT2D eigenvalue weighted by molar-refractivity contribution is -0.140. The van der Waals surface area contributed by atoms with E-state index in [1.807, 2.05) is 44.2 Å². The number of likely N-dealkylation sites (tertiary alicyclic amines) is 1. The number of aromatic nitrogens is 2. The number of aryl methyl sites for hydroxylation is 1. The molecule has 2 heterocycles. The van der Waals surface area contributed by atoms with Crippen LogP contribution in [0.5, 0.6) is 0 Å². The van der Waals surface area contributed by atoms with Crippen molar-refractivity contribution in [3.63, 3.8) is 0 Å². The summed E-state index contributed by atoms with van der Waals surface area (Å²) >= 11 is 0. The van der Waals surface area contributed by atoms with E-state index in [2.05, 4.69) is 20.9 Å². The Balaban J connectivity index is 1.63. The van der Waals surface area contributed by atoms with Crippen LogP contribution in [0, 0.1) is 5.92 Å². The molecule has 1 aromatic heterocycles. The molecule has 41 heavy (non-hydrogen) atoms. The van der Waals surface area contributed by atoms with Crippen LogP contribution in [0.1, 0.15) is 51.5 Å². The maximum absolute atomic E-state index is 13.4. The smallest absolute Gasteiger partial charge is 0.349 e. The Hall–Kier alpha value is -4.22. The molecule has 12 nitrogen and oxygen atoms in total. The maximum atomic E-state index is 13.4. The van der Waals surface area contributed by atoms with Crippen molar-refractivity contribution in [3.05, 3.63) is 58.6 Å².